The second kappa shape index (κ2) is 4.15. The molecule has 16 heavy (non-hydrogen) atoms. The SMILES string of the molecule is CC(C)(C)C(O)=CC(=O)C(C)(C)C(C)(F)F. The van der Waals surface area contributed by atoms with E-state index in [1.54, 1.807) is 20.8 Å². The summed E-state index contributed by atoms with van der Waals surface area (Å²) < 4.78 is 26.3. The number of carbonyl (C=O) groups excluding carboxylic acids is 1. The lowest BCUT2D eigenvalue weighted by molar-refractivity contribution is -0.144. The molecule has 4 heteroatoms. The minimum atomic E-state index is -3.13. The highest BCUT2D eigenvalue weighted by atomic mass is 19.3. The molecule has 0 saturated heterocycles. The Kier molecular flexibility index (Phi) is 3.91. The van der Waals surface area contributed by atoms with E-state index in [0.29, 0.717) is 6.92 Å². The molecule has 0 spiro atoms. The standard InChI is InChI=1S/C12H20F2O2/c1-10(2,3)8(15)7-9(16)11(4,5)12(6,13)14/h7,15H,1-6H3. The normalized spacial score (nSPS) is 15.1. The molecule has 0 aliphatic heterocycles. The van der Waals surface area contributed by atoms with Gasteiger partial charge in [-0.05, 0) is 13.8 Å². The maximum atomic E-state index is 13.2. The Labute approximate surface area is 95.4 Å². The van der Waals surface area contributed by atoms with Crippen LogP contribution in [-0.2, 0) is 4.79 Å². The number of rotatable bonds is 3. The number of halogens is 2. The molecule has 0 aromatic rings. The topological polar surface area (TPSA) is 37.3 Å². The van der Waals surface area contributed by atoms with E-state index in [2.05, 4.69) is 0 Å². The fourth-order valence-corrected chi connectivity index (χ4v) is 0.737. The number of aliphatic hydroxyl groups excluding tert-OH is 1. The first kappa shape index (κ1) is 15.1. The van der Waals surface area contributed by atoms with E-state index in [9.17, 15) is 18.7 Å². The minimum absolute atomic E-state index is 0.185. The molecule has 0 unspecified atom stereocenters. The van der Waals surface area contributed by atoms with E-state index < -0.39 is 22.5 Å². The number of allylic oxidation sites excluding steroid dienone is 2. The van der Waals surface area contributed by atoms with Crippen molar-refractivity contribution in [3.05, 3.63) is 11.8 Å². The molecule has 0 bridgehead atoms. The van der Waals surface area contributed by atoms with Crippen molar-refractivity contribution in [2.45, 2.75) is 47.5 Å². The average molecular weight is 234 g/mol. The van der Waals surface area contributed by atoms with Crippen molar-refractivity contribution in [2.75, 3.05) is 0 Å². The quantitative estimate of drug-likeness (QED) is 0.596. The van der Waals surface area contributed by atoms with Crippen LogP contribution in [0.15, 0.2) is 11.8 Å². The van der Waals surface area contributed by atoms with Crippen LogP contribution < -0.4 is 0 Å². The van der Waals surface area contributed by atoms with Crippen molar-refractivity contribution in [3.8, 4) is 0 Å². The van der Waals surface area contributed by atoms with Crippen molar-refractivity contribution in [1.82, 2.24) is 0 Å². The minimum Gasteiger partial charge on any atom is -0.512 e. The van der Waals surface area contributed by atoms with Crippen molar-refractivity contribution in [2.24, 2.45) is 10.8 Å². The second-order valence-electron chi connectivity index (χ2n) is 5.66. The van der Waals surface area contributed by atoms with Crippen LogP contribution >= 0.6 is 0 Å². The largest absolute Gasteiger partial charge is 0.512 e. The predicted octanol–water partition coefficient (Wildman–Crippen LogP) is 3.72. The summed E-state index contributed by atoms with van der Waals surface area (Å²) in [6.45, 7) is 8.13. The summed E-state index contributed by atoms with van der Waals surface area (Å²) in [6, 6.07) is 0. The number of hydrogen-bond acceptors (Lipinski definition) is 2. The fourth-order valence-electron chi connectivity index (χ4n) is 0.737. The first-order chi connectivity index (χ1) is 6.80. The molecule has 0 rings (SSSR count). The monoisotopic (exact) mass is 234 g/mol. The Morgan fingerprint density at radius 1 is 1.06 bits per heavy atom. The fraction of sp³-hybridized carbons (Fsp3) is 0.750. The highest BCUT2D eigenvalue weighted by molar-refractivity contribution is 5.95. The summed E-state index contributed by atoms with van der Waals surface area (Å²) >= 11 is 0. The van der Waals surface area contributed by atoms with Gasteiger partial charge in [-0.1, -0.05) is 20.8 Å². The lowest BCUT2D eigenvalue weighted by atomic mass is 9.80. The zero-order valence-corrected chi connectivity index (χ0v) is 10.7. The van der Waals surface area contributed by atoms with Crippen LogP contribution in [0.25, 0.3) is 0 Å². The van der Waals surface area contributed by atoms with Gasteiger partial charge >= 0.3 is 0 Å². The third kappa shape index (κ3) is 3.29. The Morgan fingerprint density at radius 2 is 1.44 bits per heavy atom. The van der Waals surface area contributed by atoms with E-state index >= 15 is 0 Å². The van der Waals surface area contributed by atoms with Crippen LogP contribution in [0.4, 0.5) is 8.78 Å². The van der Waals surface area contributed by atoms with Crippen LogP contribution in [0, 0.1) is 10.8 Å². The van der Waals surface area contributed by atoms with E-state index in [4.69, 9.17) is 0 Å². The van der Waals surface area contributed by atoms with Crippen molar-refractivity contribution >= 4 is 5.78 Å². The van der Waals surface area contributed by atoms with Crippen LogP contribution in [-0.4, -0.2) is 16.8 Å². The Hall–Kier alpha value is -0.930. The number of alkyl halides is 2. The molecule has 0 radical (unpaired) electrons. The molecule has 0 aliphatic carbocycles. The maximum absolute atomic E-state index is 13.2. The summed E-state index contributed by atoms with van der Waals surface area (Å²) in [7, 11) is 0. The molecule has 94 valence electrons. The van der Waals surface area contributed by atoms with Gasteiger partial charge in [-0.25, -0.2) is 8.78 Å². The number of carbonyl (C=O) groups is 1. The molecule has 0 aromatic carbocycles. The lowest BCUT2D eigenvalue weighted by Crippen LogP contribution is -2.40. The lowest BCUT2D eigenvalue weighted by Gasteiger charge is -2.29. The Morgan fingerprint density at radius 3 is 1.69 bits per heavy atom. The summed E-state index contributed by atoms with van der Waals surface area (Å²) in [5.41, 5.74) is -2.43. The van der Waals surface area contributed by atoms with Crippen LogP contribution in [0.1, 0.15) is 41.5 Å². The molecule has 1 N–H and O–H groups in total. The summed E-state index contributed by atoms with van der Waals surface area (Å²) in [5.74, 6) is -4.08. The molecular formula is C12H20F2O2. The summed E-state index contributed by atoms with van der Waals surface area (Å²) in [4.78, 5) is 11.7. The molecule has 0 amide bonds. The van der Waals surface area contributed by atoms with Gasteiger partial charge < -0.3 is 5.11 Å². The molecule has 0 atom stereocenters. The molecular weight excluding hydrogens is 214 g/mol. The highest BCUT2D eigenvalue weighted by Gasteiger charge is 2.47. The molecule has 0 heterocycles. The van der Waals surface area contributed by atoms with Gasteiger partial charge in [0.15, 0.2) is 5.78 Å². The van der Waals surface area contributed by atoms with E-state index in [1.165, 1.54) is 13.8 Å². The molecule has 0 fully saturated rings. The first-order valence-corrected chi connectivity index (χ1v) is 5.13. The number of hydrogen-bond donors (Lipinski definition) is 1. The van der Waals surface area contributed by atoms with Crippen LogP contribution in [0.3, 0.4) is 0 Å². The molecule has 0 aliphatic rings. The third-order valence-electron chi connectivity index (χ3n) is 2.75. The number of ketones is 1. The molecule has 2 nitrogen and oxygen atoms in total. The predicted molar refractivity (Wildman–Crippen MR) is 59.6 cm³/mol. The van der Waals surface area contributed by atoms with Gasteiger partial charge in [-0.2, -0.15) is 0 Å². The Bertz CT molecular complexity index is 304. The zero-order valence-electron chi connectivity index (χ0n) is 10.7. The number of aliphatic hydroxyl groups is 1. The van der Waals surface area contributed by atoms with Crippen molar-refractivity contribution in [3.63, 3.8) is 0 Å². The average Bonchev–Trinajstić information content (AvgIpc) is 1.99. The van der Waals surface area contributed by atoms with Gasteiger partial charge in [0.2, 0.25) is 0 Å². The van der Waals surface area contributed by atoms with E-state index in [1.807, 2.05) is 0 Å². The zero-order chi connectivity index (χ0) is 13.4. The van der Waals surface area contributed by atoms with Crippen LogP contribution in [0.2, 0.25) is 0 Å². The Balaban J connectivity index is 5.13. The molecule has 0 saturated carbocycles. The van der Waals surface area contributed by atoms with E-state index in [0.717, 1.165) is 6.08 Å². The van der Waals surface area contributed by atoms with Crippen molar-refractivity contribution in [1.29, 1.82) is 0 Å². The van der Waals surface area contributed by atoms with Gasteiger partial charge in [0, 0.05) is 18.4 Å². The first-order valence-electron chi connectivity index (χ1n) is 5.13. The third-order valence-corrected chi connectivity index (χ3v) is 2.75. The maximum Gasteiger partial charge on any atom is 0.257 e. The molecule has 0 aromatic heterocycles. The van der Waals surface area contributed by atoms with Gasteiger partial charge in [0.05, 0.1) is 5.41 Å². The van der Waals surface area contributed by atoms with Crippen molar-refractivity contribution < 1.29 is 18.7 Å². The smallest absolute Gasteiger partial charge is 0.257 e. The van der Waals surface area contributed by atoms with E-state index in [-0.39, 0.29) is 5.76 Å². The highest BCUT2D eigenvalue weighted by Crippen LogP contribution is 2.37. The van der Waals surface area contributed by atoms with Gasteiger partial charge in [-0.15, -0.1) is 0 Å². The van der Waals surface area contributed by atoms with Gasteiger partial charge in [0.25, 0.3) is 5.92 Å². The van der Waals surface area contributed by atoms with Gasteiger partial charge in [0.1, 0.15) is 5.76 Å². The van der Waals surface area contributed by atoms with Gasteiger partial charge in [-0.3, -0.25) is 4.79 Å². The summed E-state index contributed by atoms with van der Waals surface area (Å²) in [5, 5.41) is 9.58. The summed E-state index contributed by atoms with van der Waals surface area (Å²) in [6.07, 6.45) is 0.900. The van der Waals surface area contributed by atoms with Crippen LogP contribution in [0.5, 0.6) is 0 Å². The second-order valence-corrected chi connectivity index (χ2v) is 5.66.